The van der Waals surface area contributed by atoms with Gasteiger partial charge in [0.15, 0.2) is 11.6 Å². The molecular formula is C64H39ClN4. The van der Waals surface area contributed by atoms with E-state index in [1.165, 1.54) is 71.9 Å². The van der Waals surface area contributed by atoms with E-state index in [2.05, 4.69) is 216 Å². The summed E-state index contributed by atoms with van der Waals surface area (Å²) in [4.78, 5) is 14.6. The number of nitrogens with zero attached hydrogens (tertiary/aromatic N) is 4. The third kappa shape index (κ3) is 5.86. The summed E-state index contributed by atoms with van der Waals surface area (Å²) in [6, 6.07) is 85.8. The van der Waals surface area contributed by atoms with Crippen LogP contribution in [0.15, 0.2) is 237 Å². The van der Waals surface area contributed by atoms with E-state index in [0.29, 0.717) is 11.6 Å². The van der Waals surface area contributed by atoms with E-state index in [1.54, 1.807) is 0 Å². The fourth-order valence-corrected chi connectivity index (χ4v) is 11.8. The van der Waals surface area contributed by atoms with Crippen molar-refractivity contribution in [3.05, 3.63) is 264 Å². The second kappa shape index (κ2) is 15.4. The molecule has 14 rings (SSSR count). The van der Waals surface area contributed by atoms with Crippen molar-refractivity contribution >= 4 is 33.4 Å². The van der Waals surface area contributed by atoms with Crippen LogP contribution in [0.4, 0.5) is 0 Å². The number of hydrogen-bond donors (Lipinski definition) is 0. The van der Waals surface area contributed by atoms with Crippen molar-refractivity contribution < 1.29 is 0 Å². The van der Waals surface area contributed by atoms with E-state index in [-0.39, 0.29) is 5.28 Å². The van der Waals surface area contributed by atoms with Crippen LogP contribution in [0.25, 0.3) is 106 Å². The average molecular weight is 899 g/mol. The van der Waals surface area contributed by atoms with Crippen molar-refractivity contribution in [2.45, 2.75) is 5.41 Å². The molecule has 1 aliphatic heterocycles. The summed E-state index contributed by atoms with van der Waals surface area (Å²) < 4.78 is 2.54. The van der Waals surface area contributed by atoms with Gasteiger partial charge in [-0.1, -0.05) is 206 Å². The van der Waals surface area contributed by atoms with Crippen molar-refractivity contribution in [3.8, 4) is 84.1 Å². The Labute approximate surface area is 404 Å². The third-order valence-corrected chi connectivity index (χ3v) is 14.6. The molecule has 322 valence electrons. The van der Waals surface area contributed by atoms with E-state index in [1.807, 2.05) is 30.3 Å². The van der Waals surface area contributed by atoms with Gasteiger partial charge in [-0.05, 0) is 109 Å². The van der Waals surface area contributed by atoms with Gasteiger partial charge < -0.3 is 4.57 Å². The Bertz CT molecular complexity index is 3940. The normalized spacial score (nSPS) is 12.8. The summed E-state index contributed by atoms with van der Waals surface area (Å²) in [7, 11) is 0. The van der Waals surface area contributed by atoms with Gasteiger partial charge in [0.05, 0.1) is 22.1 Å². The Morgan fingerprint density at radius 2 is 0.899 bits per heavy atom. The first-order chi connectivity index (χ1) is 34.1. The lowest BCUT2D eigenvalue weighted by atomic mass is 9.66. The van der Waals surface area contributed by atoms with Gasteiger partial charge in [-0.2, -0.15) is 9.97 Å². The Kier molecular flexibility index (Phi) is 8.82. The molecule has 2 aliphatic rings. The minimum Gasteiger partial charge on any atom is -0.308 e. The molecule has 0 N–H and O–H groups in total. The van der Waals surface area contributed by atoms with Crippen LogP contribution < -0.4 is 0 Å². The molecule has 0 atom stereocenters. The molecule has 12 aromatic rings. The van der Waals surface area contributed by atoms with Crippen molar-refractivity contribution in [1.29, 1.82) is 0 Å². The number of benzene rings is 10. The van der Waals surface area contributed by atoms with Crippen LogP contribution in [0.1, 0.15) is 22.3 Å². The maximum Gasteiger partial charge on any atom is 0.226 e. The smallest absolute Gasteiger partial charge is 0.226 e. The van der Waals surface area contributed by atoms with Gasteiger partial charge in [0, 0.05) is 33.0 Å². The molecule has 3 heterocycles. The maximum absolute atomic E-state index is 6.85. The minimum absolute atomic E-state index is 0.144. The fourth-order valence-electron chi connectivity index (χ4n) is 11.6. The molecule has 0 spiro atoms. The Balaban J connectivity index is 1.18. The number of hydrogen-bond acceptors (Lipinski definition) is 3. The first-order valence-electron chi connectivity index (χ1n) is 23.4. The number of para-hydroxylation sites is 2. The van der Waals surface area contributed by atoms with Crippen molar-refractivity contribution in [2.75, 3.05) is 0 Å². The topological polar surface area (TPSA) is 43.6 Å². The van der Waals surface area contributed by atoms with Gasteiger partial charge in [-0.15, -0.1) is 0 Å². The van der Waals surface area contributed by atoms with E-state index in [4.69, 9.17) is 21.6 Å². The third-order valence-electron chi connectivity index (χ3n) is 14.4. The number of aromatic nitrogens is 4. The highest BCUT2D eigenvalue weighted by atomic mass is 35.5. The molecule has 0 fully saturated rings. The molecule has 10 aromatic carbocycles. The Hall–Kier alpha value is -8.70. The lowest BCUT2D eigenvalue weighted by Gasteiger charge is -2.35. The lowest BCUT2D eigenvalue weighted by Crippen LogP contribution is -2.29. The van der Waals surface area contributed by atoms with Gasteiger partial charge in [0.25, 0.3) is 0 Å². The second-order valence-electron chi connectivity index (χ2n) is 18.0. The first-order valence-corrected chi connectivity index (χ1v) is 23.8. The molecular weight excluding hydrogens is 860 g/mol. The second-order valence-corrected chi connectivity index (χ2v) is 18.3. The highest BCUT2D eigenvalue weighted by Gasteiger charge is 2.50. The van der Waals surface area contributed by atoms with Gasteiger partial charge in [0.1, 0.15) is 0 Å². The summed E-state index contributed by atoms with van der Waals surface area (Å²) in [5.74, 6) is 1.04. The monoisotopic (exact) mass is 898 g/mol. The summed E-state index contributed by atoms with van der Waals surface area (Å²) in [5, 5.41) is 2.49. The molecule has 0 amide bonds. The molecule has 0 radical (unpaired) electrons. The molecule has 0 bridgehead atoms. The van der Waals surface area contributed by atoms with E-state index < -0.39 is 5.41 Å². The van der Waals surface area contributed by atoms with Gasteiger partial charge in [0.2, 0.25) is 5.28 Å². The van der Waals surface area contributed by atoms with Crippen LogP contribution in [0.2, 0.25) is 5.28 Å². The maximum atomic E-state index is 6.85. The van der Waals surface area contributed by atoms with E-state index in [0.717, 1.165) is 44.6 Å². The van der Waals surface area contributed by atoms with Crippen LogP contribution >= 0.6 is 11.6 Å². The molecule has 0 saturated carbocycles. The summed E-state index contributed by atoms with van der Waals surface area (Å²) >= 11 is 6.85. The number of rotatable bonds is 7. The molecule has 2 aromatic heterocycles. The zero-order valence-electron chi connectivity index (χ0n) is 37.2. The molecule has 1 aliphatic carbocycles. The zero-order chi connectivity index (χ0) is 45.6. The number of fused-ring (bicyclic) bond motifs is 6. The predicted molar refractivity (Wildman–Crippen MR) is 283 cm³/mol. The Morgan fingerprint density at radius 3 is 1.59 bits per heavy atom. The summed E-state index contributed by atoms with van der Waals surface area (Å²) in [6.07, 6.45) is 0. The summed E-state index contributed by atoms with van der Waals surface area (Å²) in [5.41, 5.74) is 21.0. The van der Waals surface area contributed by atoms with Crippen molar-refractivity contribution in [1.82, 2.24) is 19.5 Å². The highest BCUT2D eigenvalue weighted by Crippen LogP contribution is 2.64. The van der Waals surface area contributed by atoms with Crippen molar-refractivity contribution in [3.63, 3.8) is 0 Å². The number of halogens is 1. The van der Waals surface area contributed by atoms with Crippen LogP contribution in [0, 0.1) is 0 Å². The molecule has 69 heavy (non-hydrogen) atoms. The van der Waals surface area contributed by atoms with Gasteiger partial charge in [-0.3, -0.25) is 0 Å². The highest BCUT2D eigenvalue weighted by molar-refractivity contribution is 6.28. The summed E-state index contributed by atoms with van der Waals surface area (Å²) in [6.45, 7) is 0. The van der Waals surface area contributed by atoms with E-state index >= 15 is 0 Å². The minimum atomic E-state index is -0.779. The molecule has 5 heteroatoms. The lowest BCUT2D eigenvalue weighted by molar-refractivity contribution is 0.770. The average Bonchev–Trinajstić information content (AvgIpc) is 3.88. The SMILES string of the molecule is Clc1nc(-c2ccccc2)nc(-c2ccccc2-c2cc3c4c5c2c2ccccc2n5-c2ccccc2-c2cccc(c2-4)C3(c2cccc(-c3ccccc3)c2)c2cccc(-c3ccccc3)c2)n1. The quantitative estimate of drug-likeness (QED) is 0.160. The van der Waals surface area contributed by atoms with Crippen LogP contribution in [0.3, 0.4) is 0 Å². The Morgan fingerprint density at radius 1 is 0.362 bits per heavy atom. The largest absolute Gasteiger partial charge is 0.308 e. The van der Waals surface area contributed by atoms with Gasteiger partial charge in [-0.25, -0.2) is 4.98 Å². The van der Waals surface area contributed by atoms with E-state index in [9.17, 15) is 0 Å². The van der Waals surface area contributed by atoms with Gasteiger partial charge >= 0.3 is 0 Å². The fraction of sp³-hybridized carbons (Fsp3) is 0.0156. The zero-order valence-corrected chi connectivity index (χ0v) is 37.9. The molecule has 0 unspecified atom stereocenters. The first kappa shape index (κ1) is 39.5. The van der Waals surface area contributed by atoms with Crippen LogP contribution in [-0.2, 0) is 5.41 Å². The standard InChI is InChI=1S/C64H39ClN4/c65-63-67-61(42-23-8-3-9-24-42)66-62(68-63)50-31-11-10-29-47(50)52-39-54-59-58-49(48-30-12-14-35-55(48)69-56-36-15-13-32-51(56)57(52)60(59)69)33-18-34-53(58)64(54,45-27-16-25-43(37-45)40-19-4-1-5-20-40)46-28-17-26-44(38-46)41-21-6-2-7-22-41/h1-39H. The van der Waals surface area contributed by atoms with Crippen LogP contribution in [0.5, 0.6) is 0 Å². The van der Waals surface area contributed by atoms with Crippen molar-refractivity contribution in [2.24, 2.45) is 0 Å². The molecule has 0 saturated heterocycles. The predicted octanol–water partition coefficient (Wildman–Crippen LogP) is 16.3. The molecule has 4 nitrogen and oxygen atoms in total. The van der Waals surface area contributed by atoms with Crippen LogP contribution in [-0.4, -0.2) is 19.5 Å².